The van der Waals surface area contributed by atoms with Gasteiger partial charge in [-0.1, -0.05) is 42.5 Å². The first-order valence-electron chi connectivity index (χ1n) is 7.18. The molecule has 0 aliphatic rings. The van der Waals surface area contributed by atoms with Gasteiger partial charge in [-0.15, -0.1) is 11.6 Å². The molecule has 0 spiro atoms. The molecular formula is C17H24ClNO2. The Labute approximate surface area is 132 Å². The minimum atomic E-state index is -0.487. The highest BCUT2D eigenvalue weighted by Gasteiger charge is 2.20. The van der Waals surface area contributed by atoms with E-state index in [1.165, 1.54) is 0 Å². The highest BCUT2D eigenvalue weighted by molar-refractivity contribution is 6.17. The first kappa shape index (κ1) is 17.6. The minimum Gasteiger partial charge on any atom is -0.444 e. The molecule has 4 heteroatoms. The fraction of sp³-hybridized carbons (Fsp3) is 0.471. The lowest BCUT2D eigenvalue weighted by Gasteiger charge is -2.26. The number of ether oxygens (including phenoxy) is 1. The van der Waals surface area contributed by atoms with Crippen molar-refractivity contribution in [3.63, 3.8) is 0 Å². The van der Waals surface area contributed by atoms with Crippen LogP contribution in [0.25, 0.3) is 6.08 Å². The van der Waals surface area contributed by atoms with Crippen molar-refractivity contribution in [3.05, 3.63) is 42.0 Å². The van der Waals surface area contributed by atoms with Crippen LogP contribution in [0.2, 0.25) is 0 Å². The maximum Gasteiger partial charge on any atom is 0.410 e. The zero-order valence-corrected chi connectivity index (χ0v) is 13.8. The van der Waals surface area contributed by atoms with Gasteiger partial charge in [0, 0.05) is 19.0 Å². The third kappa shape index (κ3) is 7.76. The Morgan fingerprint density at radius 2 is 1.95 bits per heavy atom. The number of carbonyl (C=O) groups is 1. The molecule has 1 rings (SSSR count). The van der Waals surface area contributed by atoms with E-state index in [2.05, 4.69) is 0 Å². The van der Waals surface area contributed by atoms with Crippen molar-refractivity contribution in [1.29, 1.82) is 0 Å². The SMILES string of the molecule is CC(C)(C)OC(=O)N(C/C=C/c1ccccc1)CCCCl. The van der Waals surface area contributed by atoms with E-state index in [9.17, 15) is 4.79 Å². The second kappa shape index (κ2) is 8.73. The summed E-state index contributed by atoms with van der Waals surface area (Å²) in [6, 6.07) is 9.99. The molecule has 0 saturated heterocycles. The highest BCUT2D eigenvalue weighted by atomic mass is 35.5. The topological polar surface area (TPSA) is 29.5 Å². The van der Waals surface area contributed by atoms with Gasteiger partial charge in [0.1, 0.15) is 5.60 Å². The van der Waals surface area contributed by atoms with Crippen LogP contribution in [-0.4, -0.2) is 35.6 Å². The molecule has 0 fully saturated rings. The molecule has 1 aromatic rings. The molecule has 1 amide bonds. The van der Waals surface area contributed by atoms with Gasteiger partial charge in [-0.3, -0.25) is 0 Å². The van der Waals surface area contributed by atoms with Crippen LogP contribution in [0.4, 0.5) is 4.79 Å². The molecule has 0 saturated carbocycles. The van der Waals surface area contributed by atoms with Crippen LogP contribution in [0.3, 0.4) is 0 Å². The second-order valence-electron chi connectivity index (χ2n) is 5.78. The Morgan fingerprint density at radius 3 is 2.52 bits per heavy atom. The maximum absolute atomic E-state index is 12.1. The lowest BCUT2D eigenvalue weighted by atomic mass is 10.2. The Hall–Kier alpha value is -1.48. The summed E-state index contributed by atoms with van der Waals surface area (Å²) in [5, 5.41) is 0. The van der Waals surface area contributed by atoms with E-state index < -0.39 is 5.60 Å². The average Bonchev–Trinajstić information content (AvgIpc) is 2.41. The van der Waals surface area contributed by atoms with Crippen LogP contribution >= 0.6 is 11.6 Å². The number of halogens is 1. The van der Waals surface area contributed by atoms with Crippen LogP contribution in [-0.2, 0) is 4.74 Å². The first-order chi connectivity index (χ1) is 9.92. The smallest absolute Gasteiger partial charge is 0.410 e. The molecule has 0 heterocycles. The molecule has 0 aliphatic carbocycles. The van der Waals surface area contributed by atoms with E-state index in [0.717, 1.165) is 12.0 Å². The third-order valence-corrected chi connectivity index (χ3v) is 2.92. The van der Waals surface area contributed by atoms with E-state index in [1.807, 2.05) is 63.3 Å². The monoisotopic (exact) mass is 309 g/mol. The standard InChI is InChI=1S/C17H24ClNO2/c1-17(2,3)21-16(20)19(14-8-12-18)13-7-11-15-9-5-4-6-10-15/h4-7,9-11H,8,12-14H2,1-3H3/b11-7+. The third-order valence-electron chi connectivity index (χ3n) is 2.65. The molecule has 0 unspecified atom stereocenters. The molecular weight excluding hydrogens is 286 g/mol. The zero-order chi connectivity index (χ0) is 15.7. The number of alkyl halides is 1. The highest BCUT2D eigenvalue weighted by Crippen LogP contribution is 2.11. The number of hydrogen-bond acceptors (Lipinski definition) is 2. The molecule has 3 nitrogen and oxygen atoms in total. The molecule has 21 heavy (non-hydrogen) atoms. The number of benzene rings is 1. The molecule has 1 aromatic carbocycles. The summed E-state index contributed by atoms with van der Waals surface area (Å²) < 4.78 is 5.41. The number of nitrogens with zero attached hydrogens (tertiary/aromatic N) is 1. The Morgan fingerprint density at radius 1 is 1.29 bits per heavy atom. The van der Waals surface area contributed by atoms with Crippen LogP contribution in [0.5, 0.6) is 0 Å². The second-order valence-corrected chi connectivity index (χ2v) is 6.16. The molecule has 0 N–H and O–H groups in total. The van der Waals surface area contributed by atoms with Crippen LogP contribution in [0.1, 0.15) is 32.8 Å². The van der Waals surface area contributed by atoms with Crippen molar-refractivity contribution in [2.24, 2.45) is 0 Å². The predicted octanol–water partition coefficient (Wildman–Crippen LogP) is 4.57. The quantitative estimate of drug-likeness (QED) is 0.721. The summed E-state index contributed by atoms with van der Waals surface area (Å²) in [6.45, 7) is 6.71. The van der Waals surface area contributed by atoms with E-state index in [-0.39, 0.29) is 6.09 Å². The fourth-order valence-electron chi connectivity index (χ4n) is 1.71. The summed E-state index contributed by atoms with van der Waals surface area (Å²) in [7, 11) is 0. The molecule has 116 valence electrons. The van der Waals surface area contributed by atoms with E-state index in [4.69, 9.17) is 16.3 Å². The summed E-state index contributed by atoms with van der Waals surface area (Å²) in [5.41, 5.74) is 0.624. The number of rotatable bonds is 6. The van der Waals surface area contributed by atoms with Gasteiger partial charge in [0.15, 0.2) is 0 Å². The number of amides is 1. The Bertz CT molecular complexity index is 452. The molecule has 0 radical (unpaired) electrons. The van der Waals surface area contributed by atoms with Crippen molar-refractivity contribution in [2.45, 2.75) is 32.8 Å². The first-order valence-corrected chi connectivity index (χ1v) is 7.71. The van der Waals surface area contributed by atoms with Crippen molar-refractivity contribution < 1.29 is 9.53 Å². The molecule has 0 bridgehead atoms. The summed E-state index contributed by atoms with van der Waals surface area (Å²) >= 11 is 5.72. The van der Waals surface area contributed by atoms with Crippen molar-refractivity contribution >= 4 is 23.8 Å². The Balaban J connectivity index is 2.61. The number of hydrogen-bond donors (Lipinski definition) is 0. The van der Waals surface area contributed by atoms with Gasteiger partial charge < -0.3 is 9.64 Å². The van der Waals surface area contributed by atoms with Gasteiger partial charge >= 0.3 is 6.09 Å². The minimum absolute atomic E-state index is 0.301. The predicted molar refractivity (Wildman–Crippen MR) is 88.6 cm³/mol. The summed E-state index contributed by atoms with van der Waals surface area (Å²) in [4.78, 5) is 13.8. The van der Waals surface area contributed by atoms with Gasteiger partial charge in [0.25, 0.3) is 0 Å². The van der Waals surface area contributed by atoms with E-state index in [1.54, 1.807) is 4.90 Å². The van der Waals surface area contributed by atoms with Gasteiger partial charge in [-0.2, -0.15) is 0 Å². The van der Waals surface area contributed by atoms with Gasteiger partial charge in [-0.05, 0) is 32.8 Å². The molecule has 0 atom stereocenters. The average molecular weight is 310 g/mol. The van der Waals surface area contributed by atoms with Gasteiger partial charge in [-0.25, -0.2) is 4.79 Å². The van der Waals surface area contributed by atoms with Gasteiger partial charge in [0.2, 0.25) is 0 Å². The van der Waals surface area contributed by atoms with Crippen LogP contribution in [0, 0.1) is 0 Å². The number of carbonyl (C=O) groups excluding carboxylic acids is 1. The zero-order valence-electron chi connectivity index (χ0n) is 13.0. The fourth-order valence-corrected chi connectivity index (χ4v) is 1.83. The van der Waals surface area contributed by atoms with E-state index in [0.29, 0.717) is 19.0 Å². The van der Waals surface area contributed by atoms with E-state index >= 15 is 0 Å². The van der Waals surface area contributed by atoms with Crippen LogP contribution in [0.15, 0.2) is 36.4 Å². The summed E-state index contributed by atoms with van der Waals surface area (Å²) in [6.07, 6.45) is 4.41. The lowest BCUT2D eigenvalue weighted by molar-refractivity contribution is 0.0272. The molecule has 0 aliphatic heterocycles. The summed E-state index contributed by atoms with van der Waals surface area (Å²) in [5.74, 6) is 0.529. The van der Waals surface area contributed by atoms with Gasteiger partial charge in [0.05, 0.1) is 0 Å². The Kier molecular flexibility index (Phi) is 7.30. The maximum atomic E-state index is 12.1. The normalized spacial score (nSPS) is 11.6. The lowest BCUT2D eigenvalue weighted by Crippen LogP contribution is -2.37. The molecule has 0 aromatic heterocycles. The van der Waals surface area contributed by atoms with Crippen molar-refractivity contribution in [2.75, 3.05) is 19.0 Å². The largest absolute Gasteiger partial charge is 0.444 e. The van der Waals surface area contributed by atoms with Crippen LogP contribution < -0.4 is 0 Å². The van der Waals surface area contributed by atoms with Crippen molar-refractivity contribution in [3.8, 4) is 0 Å². The van der Waals surface area contributed by atoms with Crippen molar-refractivity contribution in [1.82, 2.24) is 4.90 Å².